The van der Waals surface area contributed by atoms with Gasteiger partial charge in [-0.05, 0) is 132 Å². The van der Waals surface area contributed by atoms with Gasteiger partial charge in [0.15, 0.2) is 17.5 Å². The first-order chi connectivity index (χ1) is 30.0. The molecule has 0 aliphatic heterocycles. The van der Waals surface area contributed by atoms with E-state index in [0.29, 0.717) is 28.9 Å². The number of benzene rings is 7. The van der Waals surface area contributed by atoms with E-state index in [1.165, 1.54) is 44.1 Å². The summed E-state index contributed by atoms with van der Waals surface area (Å²) in [6, 6.07) is 53.0. The van der Waals surface area contributed by atoms with Crippen molar-refractivity contribution in [1.82, 2.24) is 15.0 Å². The van der Waals surface area contributed by atoms with Crippen molar-refractivity contribution in [3.63, 3.8) is 0 Å². The van der Waals surface area contributed by atoms with E-state index in [1.807, 2.05) is 84.9 Å². The first-order valence-corrected chi connectivity index (χ1v) is 21.4. The third kappa shape index (κ3) is 5.41. The highest BCUT2D eigenvalue weighted by Crippen LogP contribution is 2.60. The van der Waals surface area contributed by atoms with Gasteiger partial charge in [0, 0.05) is 27.1 Å². The molecule has 4 aliphatic carbocycles. The fraction of sp³-hybridized carbons (Fsp3) is 0.182. The fourth-order valence-electron chi connectivity index (χ4n) is 11.7. The Balaban J connectivity index is 1.01. The molecular formula is C55H41N3O2. The summed E-state index contributed by atoms with van der Waals surface area (Å²) in [4.78, 5) is 15.8. The summed E-state index contributed by atoms with van der Waals surface area (Å²) in [6.45, 7) is 0. The molecule has 3 aromatic heterocycles. The van der Waals surface area contributed by atoms with Crippen LogP contribution >= 0.6 is 0 Å². The van der Waals surface area contributed by atoms with E-state index in [0.717, 1.165) is 101 Å². The molecule has 7 aromatic carbocycles. The second-order valence-corrected chi connectivity index (χ2v) is 17.7. The lowest BCUT2D eigenvalue weighted by molar-refractivity contribution is -0.00518. The van der Waals surface area contributed by atoms with Crippen LogP contribution in [0.3, 0.4) is 0 Å². The summed E-state index contributed by atoms with van der Waals surface area (Å²) >= 11 is 0. The molecule has 60 heavy (non-hydrogen) atoms. The Morgan fingerprint density at radius 3 is 1.45 bits per heavy atom. The van der Waals surface area contributed by atoms with E-state index < -0.39 is 0 Å². The van der Waals surface area contributed by atoms with Crippen LogP contribution < -0.4 is 0 Å². The molecule has 4 bridgehead atoms. The fourth-order valence-corrected chi connectivity index (χ4v) is 11.7. The Bertz CT molecular complexity index is 3200. The van der Waals surface area contributed by atoms with Gasteiger partial charge in [-0.15, -0.1) is 0 Å². The Kier molecular flexibility index (Phi) is 7.20. The standard InChI is InChI=1S/C55H41N3O2/c1-2-10-36(11-3-1)38-27-39(37-20-22-41(23-21-37)55-30-33-24-34(31-55)26-35(25-33)32-55)29-40(28-38)52-56-53(46-16-8-14-44-42-12-4-6-18-48(42)59-50(44)46)58-54(57-52)47-17-9-15-45-43-13-5-7-19-49(43)60-51(45)47/h1-23,27-29,33-35H,24-26,30-32H2/i1D. The summed E-state index contributed by atoms with van der Waals surface area (Å²) < 4.78 is 21.3. The van der Waals surface area contributed by atoms with Crippen molar-refractivity contribution in [3.05, 3.63) is 163 Å². The average molecular weight is 777 g/mol. The van der Waals surface area contributed by atoms with Crippen LogP contribution in [0.2, 0.25) is 0 Å². The third-order valence-electron chi connectivity index (χ3n) is 14.0. The van der Waals surface area contributed by atoms with Gasteiger partial charge < -0.3 is 8.83 Å². The Labute approximate surface area is 349 Å². The first-order valence-electron chi connectivity index (χ1n) is 21.9. The highest BCUT2D eigenvalue weighted by molar-refractivity contribution is 6.10. The summed E-state index contributed by atoms with van der Waals surface area (Å²) in [7, 11) is 0. The predicted octanol–water partition coefficient (Wildman–Crippen LogP) is 14.5. The number of fused-ring (bicyclic) bond motifs is 6. The lowest BCUT2D eigenvalue weighted by Gasteiger charge is -2.57. The van der Waals surface area contributed by atoms with Crippen LogP contribution in [0.25, 0.3) is 100 Å². The topological polar surface area (TPSA) is 65.0 Å². The van der Waals surface area contributed by atoms with Crippen molar-refractivity contribution < 1.29 is 10.2 Å². The molecule has 4 saturated carbocycles. The maximum atomic E-state index is 8.23. The number of nitrogens with zero attached hydrogens (tertiary/aromatic N) is 3. The predicted molar refractivity (Wildman–Crippen MR) is 241 cm³/mol. The second-order valence-electron chi connectivity index (χ2n) is 17.7. The Hall–Kier alpha value is -6.85. The van der Waals surface area contributed by atoms with Gasteiger partial charge in [0.2, 0.25) is 0 Å². The molecule has 0 amide bonds. The van der Waals surface area contributed by atoms with Crippen molar-refractivity contribution >= 4 is 43.9 Å². The minimum atomic E-state index is 0.335. The van der Waals surface area contributed by atoms with Crippen LogP contribution in [-0.2, 0) is 5.41 Å². The number of hydrogen-bond donors (Lipinski definition) is 0. The molecule has 0 saturated heterocycles. The zero-order valence-electron chi connectivity index (χ0n) is 34.1. The monoisotopic (exact) mass is 776 g/mol. The Morgan fingerprint density at radius 2 is 0.900 bits per heavy atom. The van der Waals surface area contributed by atoms with Gasteiger partial charge >= 0.3 is 0 Å². The van der Waals surface area contributed by atoms with Crippen LogP contribution in [0, 0.1) is 17.8 Å². The van der Waals surface area contributed by atoms with Crippen molar-refractivity contribution in [3.8, 4) is 56.4 Å². The number of aromatic nitrogens is 3. The average Bonchev–Trinajstić information content (AvgIpc) is 3.87. The van der Waals surface area contributed by atoms with Gasteiger partial charge in [0.05, 0.1) is 12.5 Å². The molecule has 0 atom stereocenters. The third-order valence-corrected chi connectivity index (χ3v) is 14.0. The summed E-state index contributed by atoms with van der Waals surface area (Å²) in [6.07, 6.45) is 8.35. The SMILES string of the molecule is [2H]c1ccc(-c2cc(-c3ccc(C45CC6CC(CC(C6)C4)C5)cc3)cc(-c3nc(-c4cccc5c4oc4ccccc45)nc(-c4cccc5c4oc4ccccc45)n3)c2)cc1. The molecule has 0 N–H and O–H groups in total. The smallest absolute Gasteiger partial charge is 0.167 e. The number of para-hydroxylation sites is 4. The van der Waals surface area contributed by atoms with Crippen LogP contribution in [0.5, 0.6) is 0 Å². The van der Waals surface area contributed by atoms with Crippen molar-refractivity contribution in [2.24, 2.45) is 17.8 Å². The van der Waals surface area contributed by atoms with Crippen LogP contribution in [0.15, 0.2) is 167 Å². The summed E-state index contributed by atoms with van der Waals surface area (Å²) in [5.41, 5.74) is 11.7. The molecule has 14 rings (SSSR count). The number of rotatable bonds is 6. The molecule has 4 aliphatic rings. The van der Waals surface area contributed by atoms with E-state index in [4.69, 9.17) is 25.2 Å². The highest BCUT2D eigenvalue weighted by atomic mass is 16.3. The molecular weight excluding hydrogens is 735 g/mol. The lowest BCUT2D eigenvalue weighted by atomic mass is 9.48. The molecule has 4 fully saturated rings. The molecule has 0 unspecified atom stereocenters. The van der Waals surface area contributed by atoms with Gasteiger partial charge in [-0.3, -0.25) is 0 Å². The maximum absolute atomic E-state index is 8.23. The van der Waals surface area contributed by atoms with Gasteiger partial charge in [-0.1, -0.05) is 115 Å². The van der Waals surface area contributed by atoms with Gasteiger partial charge in [0.1, 0.15) is 22.3 Å². The zero-order chi connectivity index (χ0) is 40.2. The van der Waals surface area contributed by atoms with Crippen molar-refractivity contribution in [1.29, 1.82) is 0 Å². The molecule has 288 valence electrons. The lowest BCUT2D eigenvalue weighted by Crippen LogP contribution is -2.48. The van der Waals surface area contributed by atoms with E-state index in [2.05, 4.69) is 66.7 Å². The van der Waals surface area contributed by atoms with Crippen LogP contribution in [0.1, 0.15) is 45.5 Å². The first kappa shape index (κ1) is 33.0. The zero-order valence-corrected chi connectivity index (χ0v) is 33.1. The van der Waals surface area contributed by atoms with Gasteiger partial charge in [-0.25, -0.2) is 15.0 Å². The second kappa shape index (κ2) is 13.1. The number of hydrogen-bond acceptors (Lipinski definition) is 5. The van der Waals surface area contributed by atoms with E-state index in [-0.39, 0.29) is 0 Å². The van der Waals surface area contributed by atoms with E-state index in [9.17, 15) is 0 Å². The number of furan rings is 2. The molecule has 0 radical (unpaired) electrons. The normalized spacial score (nSPS) is 21.1. The van der Waals surface area contributed by atoms with Crippen LogP contribution in [-0.4, -0.2) is 15.0 Å². The van der Waals surface area contributed by atoms with Crippen molar-refractivity contribution in [2.75, 3.05) is 0 Å². The molecule has 5 nitrogen and oxygen atoms in total. The molecule has 3 heterocycles. The summed E-state index contributed by atoms with van der Waals surface area (Å²) in [5, 5.41) is 4.11. The highest BCUT2D eigenvalue weighted by Gasteiger charge is 2.51. The van der Waals surface area contributed by atoms with Crippen molar-refractivity contribution in [2.45, 2.75) is 43.9 Å². The quantitative estimate of drug-likeness (QED) is 0.168. The molecule has 0 spiro atoms. The summed E-state index contributed by atoms with van der Waals surface area (Å²) in [5.74, 6) is 4.27. The largest absolute Gasteiger partial charge is 0.455 e. The Morgan fingerprint density at radius 1 is 0.433 bits per heavy atom. The molecule has 5 heteroatoms. The van der Waals surface area contributed by atoms with E-state index >= 15 is 0 Å². The molecule has 10 aromatic rings. The minimum Gasteiger partial charge on any atom is -0.455 e. The minimum absolute atomic E-state index is 0.335. The maximum Gasteiger partial charge on any atom is 0.167 e. The van der Waals surface area contributed by atoms with Crippen LogP contribution in [0.4, 0.5) is 0 Å². The van der Waals surface area contributed by atoms with E-state index in [1.54, 1.807) is 0 Å². The van der Waals surface area contributed by atoms with Gasteiger partial charge in [-0.2, -0.15) is 0 Å². The van der Waals surface area contributed by atoms with Gasteiger partial charge in [0.25, 0.3) is 0 Å².